The van der Waals surface area contributed by atoms with Crippen molar-refractivity contribution in [2.75, 3.05) is 13.1 Å². The van der Waals surface area contributed by atoms with Gasteiger partial charge in [0.25, 0.3) is 0 Å². The molecule has 0 aromatic carbocycles. The third kappa shape index (κ3) is 0.717. The van der Waals surface area contributed by atoms with Crippen molar-refractivity contribution in [1.82, 2.24) is 4.90 Å². The molecule has 2 heteroatoms. The fourth-order valence-corrected chi connectivity index (χ4v) is 2.20. The van der Waals surface area contributed by atoms with Crippen LogP contribution in [0.2, 0.25) is 0 Å². The van der Waals surface area contributed by atoms with E-state index in [2.05, 4.69) is 11.8 Å². The van der Waals surface area contributed by atoms with Crippen molar-refractivity contribution < 1.29 is 4.79 Å². The molecule has 0 spiro atoms. The molecule has 2 aliphatic rings. The molecule has 0 bridgehead atoms. The quantitative estimate of drug-likeness (QED) is 0.491. The van der Waals surface area contributed by atoms with E-state index in [1.807, 2.05) is 0 Å². The molecule has 2 nitrogen and oxygen atoms in total. The summed E-state index contributed by atoms with van der Waals surface area (Å²) in [6.45, 7) is 4.36. The van der Waals surface area contributed by atoms with Crippen LogP contribution < -0.4 is 0 Å². The molecule has 2 atom stereocenters. The van der Waals surface area contributed by atoms with Crippen LogP contribution in [-0.4, -0.2) is 29.8 Å². The van der Waals surface area contributed by atoms with Crippen LogP contribution in [0.1, 0.15) is 19.8 Å². The van der Waals surface area contributed by atoms with E-state index in [-0.39, 0.29) is 0 Å². The molecule has 56 valence electrons. The average Bonchev–Trinajstić information content (AvgIpc) is 2.40. The fraction of sp³-hybridized carbons (Fsp3) is 0.875. The van der Waals surface area contributed by atoms with Crippen LogP contribution >= 0.6 is 0 Å². The number of carbonyl (C=O) groups is 1. The normalized spacial score (nSPS) is 40.7. The van der Waals surface area contributed by atoms with E-state index in [1.165, 1.54) is 6.42 Å². The number of ketones is 1. The average molecular weight is 139 g/mol. The summed E-state index contributed by atoms with van der Waals surface area (Å²) < 4.78 is 0. The highest BCUT2D eigenvalue weighted by Crippen LogP contribution is 2.29. The minimum atomic E-state index is 0.306. The summed E-state index contributed by atoms with van der Waals surface area (Å²) in [5.41, 5.74) is 0. The number of hydrogen-bond acceptors (Lipinski definition) is 2. The van der Waals surface area contributed by atoms with Crippen LogP contribution in [0.5, 0.6) is 0 Å². The van der Waals surface area contributed by atoms with Crippen molar-refractivity contribution in [3.8, 4) is 0 Å². The number of nitrogens with zero attached hydrogens (tertiary/aromatic N) is 1. The van der Waals surface area contributed by atoms with Crippen LogP contribution in [0.25, 0.3) is 0 Å². The third-order valence-electron chi connectivity index (χ3n) is 2.78. The maximum absolute atomic E-state index is 11.2. The Morgan fingerprint density at radius 3 is 3.00 bits per heavy atom. The van der Waals surface area contributed by atoms with Crippen LogP contribution in [0.3, 0.4) is 0 Å². The van der Waals surface area contributed by atoms with Crippen LogP contribution in [0, 0.1) is 5.92 Å². The van der Waals surface area contributed by atoms with Gasteiger partial charge in [0.1, 0.15) is 0 Å². The van der Waals surface area contributed by atoms with Crippen LogP contribution in [0.4, 0.5) is 0 Å². The second kappa shape index (κ2) is 2.06. The summed E-state index contributed by atoms with van der Waals surface area (Å²) in [5, 5.41) is 0. The molecule has 2 aliphatic heterocycles. The minimum Gasteiger partial charge on any atom is -0.298 e. The van der Waals surface area contributed by atoms with Gasteiger partial charge in [-0.15, -0.1) is 0 Å². The summed E-state index contributed by atoms with van der Waals surface area (Å²) in [6, 6.07) is 0.306. The predicted octanol–water partition coefficient (Wildman–Crippen LogP) is 0.670. The summed E-state index contributed by atoms with van der Waals surface area (Å²) >= 11 is 0. The number of carbonyl (C=O) groups excluding carboxylic acids is 1. The van der Waals surface area contributed by atoms with Crippen molar-refractivity contribution in [3.05, 3.63) is 0 Å². The zero-order valence-electron chi connectivity index (χ0n) is 6.34. The summed E-state index contributed by atoms with van der Waals surface area (Å²) in [7, 11) is 0. The van der Waals surface area contributed by atoms with Crippen molar-refractivity contribution in [3.63, 3.8) is 0 Å². The second-order valence-electron chi connectivity index (χ2n) is 3.46. The van der Waals surface area contributed by atoms with Crippen molar-refractivity contribution in [2.45, 2.75) is 25.8 Å². The first-order valence-electron chi connectivity index (χ1n) is 4.06. The molecule has 2 fully saturated rings. The lowest BCUT2D eigenvalue weighted by atomic mass is 10.0. The first-order chi connectivity index (χ1) is 4.79. The standard InChI is InChI=1S/C8H13NO/c1-6-2-4-9-5-3-7(10)8(6)9/h6,8H,2-5H2,1H3/t6-,8?/m1/s1. The lowest BCUT2D eigenvalue weighted by molar-refractivity contribution is -0.120. The number of Topliss-reactive ketones (excluding diaryl/α,β-unsaturated/α-hetero) is 1. The Labute approximate surface area is 61.2 Å². The fourth-order valence-electron chi connectivity index (χ4n) is 2.20. The first-order valence-corrected chi connectivity index (χ1v) is 4.06. The molecule has 0 N–H and O–H groups in total. The van der Waals surface area contributed by atoms with Gasteiger partial charge in [0.15, 0.2) is 5.78 Å². The van der Waals surface area contributed by atoms with Crippen LogP contribution in [0.15, 0.2) is 0 Å². The predicted molar refractivity (Wildman–Crippen MR) is 38.8 cm³/mol. The number of hydrogen-bond donors (Lipinski definition) is 0. The van der Waals surface area contributed by atoms with E-state index >= 15 is 0 Å². The minimum absolute atomic E-state index is 0.306. The van der Waals surface area contributed by atoms with Gasteiger partial charge in [0, 0.05) is 13.0 Å². The Balaban J connectivity index is 2.19. The SMILES string of the molecule is C[C@@H]1CCN2CCC(=O)C12. The summed E-state index contributed by atoms with van der Waals surface area (Å²) in [4.78, 5) is 13.6. The Morgan fingerprint density at radius 2 is 2.30 bits per heavy atom. The molecule has 0 amide bonds. The highest BCUT2D eigenvalue weighted by atomic mass is 16.1. The molecule has 10 heavy (non-hydrogen) atoms. The van der Waals surface area contributed by atoms with E-state index in [1.54, 1.807) is 0 Å². The van der Waals surface area contributed by atoms with E-state index < -0.39 is 0 Å². The van der Waals surface area contributed by atoms with Gasteiger partial charge in [-0.3, -0.25) is 9.69 Å². The van der Waals surface area contributed by atoms with Crippen molar-refractivity contribution >= 4 is 5.78 Å². The van der Waals surface area contributed by atoms with Gasteiger partial charge in [0.05, 0.1) is 6.04 Å². The van der Waals surface area contributed by atoms with Gasteiger partial charge in [-0.25, -0.2) is 0 Å². The molecule has 2 heterocycles. The molecule has 2 saturated heterocycles. The number of fused-ring (bicyclic) bond motifs is 1. The van der Waals surface area contributed by atoms with Gasteiger partial charge in [0.2, 0.25) is 0 Å². The number of rotatable bonds is 0. The Morgan fingerprint density at radius 1 is 1.50 bits per heavy atom. The van der Waals surface area contributed by atoms with E-state index in [0.29, 0.717) is 17.7 Å². The lowest BCUT2D eigenvalue weighted by Crippen LogP contribution is -2.29. The van der Waals surface area contributed by atoms with Gasteiger partial charge in [-0.05, 0) is 18.9 Å². The topological polar surface area (TPSA) is 20.3 Å². The lowest BCUT2D eigenvalue weighted by Gasteiger charge is -2.14. The zero-order valence-corrected chi connectivity index (χ0v) is 6.34. The first kappa shape index (κ1) is 6.35. The molecular weight excluding hydrogens is 126 g/mol. The maximum Gasteiger partial charge on any atom is 0.151 e. The molecule has 0 aliphatic carbocycles. The van der Waals surface area contributed by atoms with Gasteiger partial charge in [-0.1, -0.05) is 6.92 Å². The van der Waals surface area contributed by atoms with Gasteiger partial charge >= 0.3 is 0 Å². The highest BCUT2D eigenvalue weighted by molar-refractivity contribution is 5.86. The monoisotopic (exact) mass is 139 g/mol. The molecule has 0 saturated carbocycles. The van der Waals surface area contributed by atoms with Crippen molar-refractivity contribution in [1.29, 1.82) is 0 Å². The van der Waals surface area contributed by atoms with E-state index in [4.69, 9.17) is 0 Å². The zero-order chi connectivity index (χ0) is 7.14. The summed E-state index contributed by atoms with van der Waals surface area (Å²) in [6.07, 6.45) is 2.02. The maximum atomic E-state index is 11.2. The molecule has 2 rings (SSSR count). The highest BCUT2D eigenvalue weighted by Gasteiger charge is 2.40. The largest absolute Gasteiger partial charge is 0.298 e. The smallest absolute Gasteiger partial charge is 0.151 e. The molecule has 1 unspecified atom stereocenters. The van der Waals surface area contributed by atoms with E-state index in [9.17, 15) is 4.79 Å². The third-order valence-corrected chi connectivity index (χ3v) is 2.78. The van der Waals surface area contributed by atoms with Crippen molar-refractivity contribution in [2.24, 2.45) is 5.92 Å². The second-order valence-corrected chi connectivity index (χ2v) is 3.46. The molecule has 0 radical (unpaired) electrons. The molecule has 0 aromatic rings. The Kier molecular flexibility index (Phi) is 1.31. The van der Waals surface area contributed by atoms with Crippen LogP contribution in [-0.2, 0) is 4.79 Å². The Bertz CT molecular complexity index is 167. The van der Waals surface area contributed by atoms with E-state index in [0.717, 1.165) is 19.5 Å². The molecule has 0 aromatic heterocycles. The van der Waals surface area contributed by atoms with Gasteiger partial charge < -0.3 is 0 Å². The Hall–Kier alpha value is -0.370. The molecular formula is C8H13NO. The summed E-state index contributed by atoms with van der Waals surface area (Å²) in [5.74, 6) is 1.10. The van der Waals surface area contributed by atoms with Gasteiger partial charge in [-0.2, -0.15) is 0 Å².